The highest BCUT2D eigenvalue weighted by Crippen LogP contribution is 1.93. The fraction of sp³-hybridized carbons (Fsp3) is 0.667. The first-order valence-corrected chi connectivity index (χ1v) is 4.57. The lowest BCUT2D eigenvalue weighted by Crippen LogP contribution is -2.42. The first-order chi connectivity index (χ1) is 6.99. The van der Waals surface area contributed by atoms with Crippen LogP contribution in [0.4, 0.5) is 0 Å². The van der Waals surface area contributed by atoms with Gasteiger partial charge in [0.05, 0.1) is 12.2 Å². The lowest BCUT2D eigenvalue weighted by molar-refractivity contribution is -0.145. The fourth-order valence-corrected chi connectivity index (χ4v) is 0.851. The zero-order chi connectivity index (χ0) is 11.8. The molecule has 0 radical (unpaired) electrons. The van der Waals surface area contributed by atoms with Gasteiger partial charge in [-0.2, -0.15) is 5.26 Å². The number of nitrogens with zero attached hydrogens (tertiary/aromatic N) is 2. The molecule has 1 atom stereocenters. The Hall–Kier alpha value is -1.61. The van der Waals surface area contributed by atoms with Crippen molar-refractivity contribution < 1.29 is 14.7 Å². The van der Waals surface area contributed by atoms with Gasteiger partial charge in [0, 0.05) is 13.6 Å². The van der Waals surface area contributed by atoms with Crippen LogP contribution in [0.15, 0.2) is 0 Å². The number of nitriles is 1. The van der Waals surface area contributed by atoms with Crippen molar-refractivity contribution in [1.29, 1.82) is 5.26 Å². The number of carbonyl (C=O) groups excluding carboxylic acids is 2. The van der Waals surface area contributed by atoms with Crippen LogP contribution in [-0.4, -0.2) is 48.1 Å². The van der Waals surface area contributed by atoms with E-state index >= 15 is 0 Å². The number of hydrogen-bond donors (Lipinski definition) is 2. The first kappa shape index (κ1) is 13.4. The first-order valence-electron chi connectivity index (χ1n) is 4.57. The summed E-state index contributed by atoms with van der Waals surface area (Å²) in [5, 5.41) is 19.3. The molecule has 0 aliphatic rings. The van der Waals surface area contributed by atoms with E-state index in [2.05, 4.69) is 5.32 Å². The van der Waals surface area contributed by atoms with Crippen LogP contribution in [0, 0.1) is 11.3 Å². The van der Waals surface area contributed by atoms with Gasteiger partial charge in [-0.1, -0.05) is 0 Å². The van der Waals surface area contributed by atoms with Gasteiger partial charge in [-0.25, -0.2) is 0 Å². The Balaban J connectivity index is 3.98. The number of hydrogen-bond acceptors (Lipinski definition) is 4. The Morgan fingerprint density at radius 2 is 2.20 bits per heavy atom. The van der Waals surface area contributed by atoms with Crippen LogP contribution in [0.3, 0.4) is 0 Å². The molecule has 2 N–H and O–H groups in total. The topological polar surface area (TPSA) is 93.4 Å². The molecule has 0 spiro atoms. The van der Waals surface area contributed by atoms with Gasteiger partial charge in [-0.05, 0) is 13.3 Å². The van der Waals surface area contributed by atoms with Gasteiger partial charge in [0.1, 0.15) is 6.54 Å². The zero-order valence-electron chi connectivity index (χ0n) is 8.86. The van der Waals surface area contributed by atoms with E-state index in [0.717, 1.165) is 0 Å². The highest BCUT2D eigenvalue weighted by Gasteiger charge is 2.17. The maximum absolute atomic E-state index is 11.3. The number of carbonyl (C=O) groups is 2. The molecule has 0 saturated carbocycles. The molecule has 84 valence electrons. The SMILES string of the molecule is CC(O)CCN(C)C(=O)C(=O)NCC#N. The highest BCUT2D eigenvalue weighted by atomic mass is 16.3. The van der Waals surface area contributed by atoms with Gasteiger partial charge in [0.2, 0.25) is 0 Å². The quantitative estimate of drug-likeness (QED) is 0.455. The van der Waals surface area contributed by atoms with Crippen molar-refractivity contribution in [3.63, 3.8) is 0 Å². The van der Waals surface area contributed by atoms with Crippen molar-refractivity contribution >= 4 is 11.8 Å². The minimum atomic E-state index is -0.801. The third kappa shape index (κ3) is 5.65. The molecular formula is C9H15N3O3. The van der Waals surface area contributed by atoms with Crippen molar-refractivity contribution in [1.82, 2.24) is 10.2 Å². The Labute approximate surface area is 88.5 Å². The van der Waals surface area contributed by atoms with E-state index in [1.54, 1.807) is 13.0 Å². The Kier molecular flexibility index (Phi) is 6.06. The van der Waals surface area contributed by atoms with Crippen LogP contribution < -0.4 is 5.32 Å². The minimum Gasteiger partial charge on any atom is -0.393 e. The molecule has 0 aliphatic heterocycles. The molecule has 0 fully saturated rings. The molecule has 0 rings (SSSR count). The van der Waals surface area contributed by atoms with E-state index in [9.17, 15) is 9.59 Å². The van der Waals surface area contributed by atoms with E-state index in [4.69, 9.17) is 10.4 Å². The average molecular weight is 213 g/mol. The maximum Gasteiger partial charge on any atom is 0.311 e. The minimum absolute atomic E-state index is 0.186. The summed E-state index contributed by atoms with van der Waals surface area (Å²) in [5.41, 5.74) is 0. The Morgan fingerprint density at radius 1 is 1.60 bits per heavy atom. The molecule has 0 heterocycles. The number of aliphatic hydroxyl groups is 1. The molecule has 0 aromatic carbocycles. The summed E-state index contributed by atoms with van der Waals surface area (Å²) in [5.74, 6) is -1.50. The number of amides is 2. The molecule has 6 nitrogen and oxygen atoms in total. The number of likely N-dealkylation sites (N-methyl/N-ethyl adjacent to an activating group) is 1. The maximum atomic E-state index is 11.3. The van der Waals surface area contributed by atoms with Gasteiger partial charge in [0.15, 0.2) is 0 Å². The van der Waals surface area contributed by atoms with Gasteiger partial charge < -0.3 is 15.3 Å². The van der Waals surface area contributed by atoms with Crippen LogP contribution in [0.1, 0.15) is 13.3 Å². The fourth-order valence-electron chi connectivity index (χ4n) is 0.851. The summed E-state index contributed by atoms with van der Waals surface area (Å²) in [4.78, 5) is 23.6. The molecule has 0 bridgehead atoms. The van der Waals surface area contributed by atoms with Crippen molar-refractivity contribution in [2.24, 2.45) is 0 Å². The molecule has 0 aromatic heterocycles. The average Bonchev–Trinajstić information content (AvgIpc) is 2.21. The lowest BCUT2D eigenvalue weighted by atomic mass is 10.3. The predicted octanol–water partition coefficient (Wildman–Crippen LogP) is -1.14. The lowest BCUT2D eigenvalue weighted by Gasteiger charge is -2.16. The number of rotatable bonds is 4. The van der Waals surface area contributed by atoms with Crippen molar-refractivity contribution in [3.8, 4) is 6.07 Å². The molecule has 1 unspecified atom stereocenters. The zero-order valence-corrected chi connectivity index (χ0v) is 8.86. The molecule has 0 saturated heterocycles. The van der Waals surface area contributed by atoms with Crippen molar-refractivity contribution in [2.45, 2.75) is 19.4 Å². The smallest absolute Gasteiger partial charge is 0.311 e. The molecule has 0 aliphatic carbocycles. The second kappa shape index (κ2) is 6.79. The largest absolute Gasteiger partial charge is 0.393 e. The van der Waals surface area contributed by atoms with Gasteiger partial charge >= 0.3 is 11.8 Å². The number of aliphatic hydroxyl groups excluding tert-OH is 1. The third-order valence-electron chi connectivity index (χ3n) is 1.75. The second-order valence-electron chi connectivity index (χ2n) is 3.21. The van der Waals surface area contributed by atoms with Gasteiger partial charge in [-0.3, -0.25) is 9.59 Å². The molecule has 15 heavy (non-hydrogen) atoms. The van der Waals surface area contributed by atoms with E-state index in [0.29, 0.717) is 13.0 Å². The van der Waals surface area contributed by atoms with E-state index in [1.165, 1.54) is 11.9 Å². The molecule has 0 aromatic rings. The highest BCUT2D eigenvalue weighted by molar-refractivity contribution is 6.34. The van der Waals surface area contributed by atoms with Crippen molar-refractivity contribution in [2.75, 3.05) is 20.1 Å². The predicted molar refractivity (Wildman–Crippen MR) is 52.6 cm³/mol. The summed E-state index contributed by atoms with van der Waals surface area (Å²) in [7, 11) is 1.47. The molecular weight excluding hydrogens is 198 g/mol. The van der Waals surface area contributed by atoms with Crippen LogP contribution in [-0.2, 0) is 9.59 Å². The van der Waals surface area contributed by atoms with Crippen molar-refractivity contribution in [3.05, 3.63) is 0 Å². The van der Waals surface area contributed by atoms with E-state index < -0.39 is 17.9 Å². The summed E-state index contributed by atoms with van der Waals surface area (Å²) in [6.07, 6.45) is -0.101. The Morgan fingerprint density at radius 3 is 2.67 bits per heavy atom. The van der Waals surface area contributed by atoms with Crippen LogP contribution in [0.2, 0.25) is 0 Å². The third-order valence-corrected chi connectivity index (χ3v) is 1.75. The summed E-state index contributed by atoms with van der Waals surface area (Å²) < 4.78 is 0. The normalized spacial score (nSPS) is 11.3. The standard InChI is InChI=1S/C9H15N3O3/c1-7(13)3-6-12(2)9(15)8(14)11-5-4-10/h7,13H,3,5-6H2,1-2H3,(H,11,14). The summed E-state index contributed by atoms with van der Waals surface area (Å²) in [6, 6.07) is 1.70. The van der Waals surface area contributed by atoms with Gasteiger partial charge in [0.25, 0.3) is 0 Å². The van der Waals surface area contributed by atoms with Gasteiger partial charge in [-0.15, -0.1) is 0 Å². The Bertz CT molecular complexity index is 270. The summed E-state index contributed by atoms with van der Waals surface area (Å²) >= 11 is 0. The number of nitrogens with one attached hydrogen (secondary N) is 1. The second-order valence-corrected chi connectivity index (χ2v) is 3.21. The molecule has 2 amide bonds. The van der Waals surface area contributed by atoms with Crippen LogP contribution in [0.25, 0.3) is 0 Å². The monoisotopic (exact) mass is 213 g/mol. The van der Waals surface area contributed by atoms with Crippen LogP contribution >= 0.6 is 0 Å². The van der Waals surface area contributed by atoms with E-state index in [-0.39, 0.29) is 6.54 Å². The van der Waals surface area contributed by atoms with E-state index in [1.807, 2.05) is 0 Å². The van der Waals surface area contributed by atoms with Crippen LogP contribution in [0.5, 0.6) is 0 Å². The summed E-state index contributed by atoms with van der Waals surface area (Å²) in [6.45, 7) is 1.72. The molecule has 6 heteroatoms.